The molecule has 1 aliphatic heterocycles. The summed E-state index contributed by atoms with van der Waals surface area (Å²) in [6.45, 7) is 7.39. The molecule has 0 unspecified atom stereocenters. The highest BCUT2D eigenvalue weighted by molar-refractivity contribution is 7.13. The van der Waals surface area contributed by atoms with Crippen molar-refractivity contribution in [3.05, 3.63) is 11.6 Å². The molecular weight excluding hydrogens is 308 g/mol. The monoisotopic (exact) mass is 336 g/mol. The first-order chi connectivity index (χ1) is 11.3. The molecule has 0 aromatic carbocycles. The van der Waals surface area contributed by atoms with Crippen molar-refractivity contribution >= 4 is 22.4 Å². The lowest BCUT2D eigenvalue weighted by Gasteiger charge is -2.37. The number of piperazine rings is 1. The number of carbonyl (C=O) groups excluding carboxylic acids is 1. The molecular formula is C17H28N4OS. The van der Waals surface area contributed by atoms with E-state index in [0.717, 1.165) is 37.9 Å². The third kappa shape index (κ3) is 4.23. The minimum atomic E-state index is 0.321. The number of hydrogen-bond donors (Lipinski definition) is 0. The van der Waals surface area contributed by atoms with Gasteiger partial charge >= 0.3 is 0 Å². The molecule has 0 atom stereocenters. The molecule has 2 heterocycles. The first-order valence-corrected chi connectivity index (χ1v) is 9.82. The van der Waals surface area contributed by atoms with E-state index in [-0.39, 0.29) is 0 Å². The molecule has 6 heteroatoms. The van der Waals surface area contributed by atoms with Crippen LogP contribution in [0.15, 0.2) is 11.6 Å². The lowest BCUT2D eigenvalue weighted by molar-refractivity contribution is -0.135. The maximum atomic E-state index is 12.7. The summed E-state index contributed by atoms with van der Waals surface area (Å²) in [4.78, 5) is 23.9. The van der Waals surface area contributed by atoms with Gasteiger partial charge in [0.1, 0.15) is 0 Å². The van der Waals surface area contributed by atoms with Crippen molar-refractivity contribution in [2.75, 3.05) is 44.2 Å². The van der Waals surface area contributed by atoms with E-state index in [1.165, 1.54) is 32.1 Å². The average Bonchev–Trinajstić information content (AvgIpc) is 3.12. The minimum Gasteiger partial charge on any atom is -0.346 e. The van der Waals surface area contributed by atoms with Crippen LogP contribution in [-0.2, 0) is 4.79 Å². The third-order valence-corrected chi connectivity index (χ3v) is 5.93. The Morgan fingerprint density at radius 3 is 2.61 bits per heavy atom. The van der Waals surface area contributed by atoms with Crippen LogP contribution in [0.25, 0.3) is 0 Å². The number of likely N-dealkylation sites (N-methyl/N-ethyl adjacent to an activating group) is 1. The molecule has 0 N–H and O–H groups in total. The standard InChI is InChI=1S/C17H28N4OS/c1-2-21(15-6-4-3-5-7-15)16(22)14-19-9-11-20(12-10-19)17-18-8-13-23-17/h8,13,15H,2-7,9-12,14H2,1H3. The Hall–Kier alpha value is -1.14. The molecule has 23 heavy (non-hydrogen) atoms. The van der Waals surface area contributed by atoms with Crippen LogP contribution < -0.4 is 4.90 Å². The first-order valence-electron chi connectivity index (χ1n) is 8.94. The maximum Gasteiger partial charge on any atom is 0.236 e. The summed E-state index contributed by atoms with van der Waals surface area (Å²) in [5, 5.41) is 3.13. The molecule has 1 saturated heterocycles. The smallest absolute Gasteiger partial charge is 0.236 e. The zero-order valence-electron chi connectivity index (χ0n) is 14.1. The number of rotatable bonds is 5. The second kappa shape index (κ2) is 8.11. The Morgan fingerprint density at radius 1 is 1.26 bits per heavy atom. The van der Waals surface area contributed by atoms with Crippen LogP contribution in [0.3, 0.4) is 0 Å². The lowest BCUT2D eigenvalue weighted by atomic mass is 9.94. The molecule has 1 saturated carbocycles. The summed E-state index contributed by atoms with van der Waals surface area (Å²) in [6, 6.07) is 0.484. The predicted molar refractivity (Wildman–Crippen MR) is 95.0 cm³/mol. The largest absolute Gasteiger partial charge is 0.346 e. The van der Waals surface area contributed by atoms with Gasteiger partial charge < -0.3 is 9.80 Å². The molecule has 128 valence electrons. The Labute approximate surface area is 143 Å². The second-order valence-electron chi connectivity index (χ2n) is 6.55. The molecule has 1 amide bonds. The fourth-order valence-electron chi connectivity index (χ4n) is 3.78. The highest BCUT2D eigenvalue weighted by atomic mass is 32.1. The molecule has 0 radical (unpaired) electrons. The van der Waals surface area contributed by atoms with Crippen LogP contribution in [0.4, 0.5) is 5.13 Å². The molecule has 5 nitrogen and oxygen atoms in total. The number of aromatic nitrogens is 1. The van der Waals surface area contributed by atoms with Gasteiger partial charge in [-0.2, -0.15) is 0 Å². The fraction of sp³-hybridized carbons (Fsp3) is 0.765. The van der Waals surface area contributed by atoms with Crippen LogP contribution in [0.2, 0.25) is 0 Å². The second-order valence-corrected chi connectivity index (χ2v) is 7.42. The van der Waals surface area contributed by atoms with Gasteiger partial charge in [-0.1, -0.05) is 19.3 Å². The number of carbonyl (C=O) groups is 1. The van der Waals surface area contributed by atoms with Gasteiger partial charge in [-0.25, -0.2) is 4.98 Å². The van der Waals surface area contributed by atoms with E-state index in [1.807, 2.05) is 11.6 Å². The summed E-state index contributed by atoms with van der Waals surface area (Å²) in [6.07, 6.45) is 8.14. The summed E-state index contributed by atoms with van der Waals surface area (Å²) in [7, 11) is 0. The minimum absolute atomic E-state index is 0.321. The topological polar surface area (TPSA) is 39.7 Å². The van der Waals surface area contributed by atoms with E-state index in [4.69, 9.17) is 0 Å². The van der Waals surface area contributed by atoms with Crippen molar-refractivity contribution < 1.29 is 4.79 Å². The summed E-state index contributed by atoms with van der Waals surface area (Å²) in [5.74, 6) is 0.321. The number of thiazole rings is 1. The highest BCUT2D eigenvalue weighted by Gasteiger charge is 2.27. The Kier molecular flexibility index (Phi) is 5.89. The van der Waals surface area contributed by atoms with E-state index in [9.17, 15) is 4.79 Å². The van der Waals surface area contributed by atoms with Gasteiger partial charge in [0.2, 0.25) is 5.91 Å². The van der Waals surface area contributed by atoms with Gasteiger partial charge in [-0.3, -0.25) is 9.69 Å². The Morgan fingerprint density at radius 2 is 2.00 bits per heavy atom. The molecule has 0 spiro atoms. The molecule has 2 aliphatic rings. The molecule has 1 aromatic rings. The number of amides is 1. The zero-order valence-corrected chi connectivity index (χ0v) is 14.9. The van der Waals surface area contributed by atoms with Gasteiger partial charge in [-0.15, -0.1) is 11.3 Å². The van der Waals surface area contributed by atoms with Gasteiger partial charge in [0, 0.05) is 50.3 Å². The van der Waals surface area contributed by atoms with Crippen LogP contribution >= 0.6 is 11.3 Å². The molecule has 1 aliphatic carbocycles. The van der Waals surface area contributed by atoms with Crippen molar-refractivity contribution in [1.82, 2.24) is 14.8 Å². The van der Waals surface area contributed by atoms with E-state index in [0.29, 0.717) is 18.5 Å². The van der Waals surface area contributed by atoms with Gasteiger partial charge in [0.05, 0.1) is 6.54 Å². The van der Waals surface area contributed by atoms with Crippen molar-refractivity contribution in [2.45, 2.75) is 45.1 Å². The van der Waals surface area contributed by atoms with Gasteiger partial charge in [0.15, 0.2) is 5.13 Å². The van der Waals surface area contributed by atoms with Crippen molar-refractivity contribution in [2.24, 2.45) is 0 Å². The van der Waals surface area contributed by atoms with E-state index in [2.05, 4.69) is 26.6 Å². The van der Waals surface area contributed by atoms with E-state index >= 15 is 0 Å². The van der Waals surface area contributed by atoms with Crippen LogP contribution in [0, 0.1) is 0 Å². The SMILES string of the molecule is CCN(C(=O)CN1CCN(c2nccs2)CC1)C1CCCCC1. The van der Waals surface area contributed by atoms with Crippen LogP contribution in [0.1, 0.15) is 39.0 Å². The predicted octanol–water partition coefficient (Wildman–Crippen LogP) is 2.45. The molecule has 3 rings (SSSR count). The third-order valence-electron chi connectivity index (χ3n) is 5.10. The molecule has 2 fully saturated rings. The summed E-state index contributed by atoms with van der Waals surface area (Å²) >= 11 is 1.69. The highest BCUT2D eigenvalue weighted by Crippen LogP contribution is 2.23. The fourth-order valence-corrected chi connectivity index (χ4v) is 4.48. The van der Waals surface area contributed by atoms with E-state index < -0.39 is 0 Å². The molecule has 0 bridgehead atoms. The zero-order chi connectivity index (χ0) is 16.1. The lowest BCUT2D eigenvalue weighted by Crippen LogP contribution is -2.51. The van der Waals surface area contributed by atoms with Crippen molar-refractivity contribution in [1.29, 1.82) is 0 Å². The summed E-state index contributed by atoms with van der Waals surface area (Å²) in [5.41, 5.74) is 0. The Bertz CT molecular complexity index is 479. The average molecular weight is 337 g/mol. The Balaban J connectivity index is 1.48. The van der Waals surface area contributed by atoms with Crippen molar-refractivity contribution in [3.63, 3.8) is 0 Å². The van der Waals surface area contributed by atoms with Crippen LogP contribution in [-0.4, -0.2) is 66.0 Å². The first kappa shape index (κ1) is 16.7. The van der Waals surface area contributed by atoms with Crippen LogP contribution in [0.5, 0.6) is 0 Å². The maximum absolute atomic E-state index is 12.7. The van der Waals surface area contributed by atoms with Gasteiger partial charge in [0.25, 0.3) is 0 Å². The summed E-state index contributed by atoms with van der Waals surface area (Å²) < 4.78 is 0. The molecule has 1 aromatic heterocycles. The normalized spacial score (nSPS) is 20.7. The van der Waals surface area contributed by atoms with Crippen molar-refractivity contribution in [3.8, 4) is 0 Å². The number of hydrogen-bond acceptors (Lipinski definition) is 5. The quantitative estimate of drug-likeness (QED) is 0.828. The van der Waals surface area contributed by atoms with E-state index in [1.54, 1.807) is 11.3 Å². The van der Waals surface area contributed by atoms with Gasteiger partial charge in [-0.05, 0) is 19.8 Å². The number of nitrogens with zero attached hydrogens (tertiary/aromatic N) is 4. The number of anilines is 1.